The monoisotopic (exact) mass is 346 g/mol. The summed E-state index contributed by atoms with van der Waals surface area (Å²) in [5, 5.41) is 9.21. The standard InChI is InChI=1S/C15H14N4O2S2/c1-3-11-13(23-19-18-11)14(20)17-15-16-12(8-22-15)9-4-6-10(21-2)7-5-9/h4-8H,3H2,1-2H3,(H,16,17,20). The zero-order valence-corrected chi connectivity index (χ0v) is 14.2. The maximum atomic E-state index is 12.3. The lowest BCUT2D eigenvalue weighted by Gasteiger charge is -2.01. The van der Waals surface area contributed by atoms with Crippen molar-refractivity contribution in [2.45, 2.75) is 13.3 Å². The molecule has 0 saturated carbocycles. The SMILES string of the molecule is CCc1nnsc1C(=O)Nc1nc(-c2ccc(OC)cc2)cs1. The van der Waals surface area contributed by atoms with Crippen molar-refractivity contribution >= 4 is 33.9 Å². The van der Waals surface area contributed by atoms with Gasteiger partial charge in [-0.25, -0.2) is 4.98 Å². The third-order valence-electron chi connectivity index (χ3n) is 3.21. The van der Waals surface area contributed by atoms with Gasteiger partial charge in [-0.2, -0.15) is 0 Å². The number of nitrogens with one attached hydrogen (secondary N) is 1. The molecule has 0 fully saturated rings. The first-order chi connectivity index (χ1) is 11.2. The number of benzene rings is 1. The minimum Gasteiger partial charge on any atom is -0.497 e. The van der Waals surface area contributed by atoms with Crippen LogP contribution in [0, 0.1) is 0 Å². The largest absolute Gasteiger partial charge is 0.497 e. The molecule has 3 rings (SSSR count). The topological polar surface area (TPSA) is 77.0 Å². The molecule has 0 aliphatic heterocycles. The van der Waals surface area contributed by atoms with Crippen molar-refractivity contribution in [3.63, 3.8) is 0 Å². The van der Waals surface area contributed by atoms with Gasteiger partial charge in [-0.15, -0.1) is 16.4 Å². The van der Waals surface area contributed by atoms with Gasteiger partial charge in [0.25, 0.3) is 5.91 Å². The van der Waals surface area contributed by atoms with E-state index >= 15 is 0 Å². The number of carbonyl (C=O) groups is 1. The van der Waals surface area contributed by atoms with Crippen LogP contribution in [0.2, 0.25) is 0 Å². The summed E-state index contributed by atoms with van der Waals surface area (Å²) in [6.45, 7) is 1.94. The fourth-order valence-corrected chi connectivity index (χ4v) is 3.35. The smallest absolute Gasteiger partial charge is 0.271 e. The summed E-state index contributed by atoms with van der Waals surface area (Å²) in [5.74, 6) is 0.578. The lowest BCUT2D eigenvalue weighted by atomic mass is 10.2. The molecule has 8 heteroatoms. The van der Waals surface area contributed by atoms with Crippen molar-refractivity contribution in [3.05, 3.63) is 40.2 Å². The van der Waals surface area contributed by atoms with Gasteiger partial charge in [-0.1, -0.05) is 11.4 Å². The minimum absolute atomic E-state index is 0.215. The molecule has 0 unspecified atom stereocenters. The number of amides is 1. The molecule has 3 aromatic rings. The molecule has 0 atom stereocenters. The van der Waals surface area contributed by atoms with E-state index in [9.17, 15) is 4.79 Å². The van der Waals surface area contributed by atoms with Gasteiger partial charge in [0.05, 0.1) is 18.5 Å². The van der Waals surface area contributed by atoms with Gasteiger partial charge in [-0.3, -0.25) is 10.1 Å². The van der Waals surface area contributed by atoms with E-state index in [0.29, 0.717) is 22.1 Å². The van der Waals surface area contributed by atoms with Crippen molar-refractivity contribution in [2.24, 2.45) is 0 Å². The minimum atomic E-state index is -0.215. The summed E-state index contributed by atoms with van der Waals surface area (Å²) in [4.78, 5) is 17.2. The van der Waals surface area contributed by atoms with E-state index in [-0.39, 0.29) is 5.91 Å². The van der Waals surface area contributed by atoms with Gasteiger partial charge in [0, 0.05) is 10.9 Å². The van der Waals surface area contributed by atoms with E-state index < -0.39 is 0 Å². The molecular weight excluding hydrogens is 332 g/mol. The van der Waals surface area contributed by atoms with E-state index in [0.717, 1.165) is 28.5 Å². The van der Waals surface area contributed by atoms with Gasteiger partial charge in [0.15, 0.2) is 5.13 Å². The third-order valence-corrected chi connectivity index (χ3v) is 4.73. The molecule has 2 aromatic heterocycles. The van der Waals surface area contributed by atoms with E-state index in [4.69, 9.17) is 4.74 Å². The molecule has 1 aromatic carbocycles. The molecule has 2 heterocycles. The molecule has 0 radical (unpaired) electrons. The van der Waals surface area contributed by atoms with Crippen LogP contribution in [0.15, 0.2) is 29.6 Å². The van der Waals surface area contributed by atoms with Crippen LogP contribution >= 0.6 is 22.9 Å². The number of hydrogen-bond acceptors (Lipinski definition) is 7. The van der Waals surface area contributed by atoms with Crippen LogP contribution in [0.3, 0.4) is 0 Å². The summed E-state index contributed by atoms with van der Waals surface area (Å²) >= 11 is 2.48. The first kappa shape index (κ1) is 15.6. The summed E-state index contributed by atoms with van der Waals surface area (Å²) in [7, 11) is 1.63. The fraction of sp³-hybridized carbons (Fsp3) is 0.200. The summed E-state index contributed by atoms with van der Waals surface area (Å²) in [6.07, 6.45) is 0.675. The average molecular weight is 346 g/mol. The second-order valence-electron chi connectivity index (χ2n) is 4.62. The maximum Gasteiger partial charge on any atom is 0.271 e. The number of aryl methyl sites for hydroxylation is 1. The second-order valence-corrected chi connectivity index (χ2v) is 6.24. The van der Waals surface area contributed by atoms with Crippen LogP contribution in [-0.2, 0) is 6.42 Å². The molecule has 23 heavy (non-hydrogen) atoms. The Hall–Kier alpha value is -2.32. The Bertz CT molecular complexity index is 811. The Balaban J connectivity index is 1.75. The van der Waals surface area contributed by atoms with E-state index in [1.54, 1.807) is 7.11 Å². The van der Waals surface area contributed by atoms with E-state index in [1.165, 1.54) is 11.3 Å². The highest BCUT2D eigenvalue weighted by atomic mass is 32.1. The molecule has 0 aliphatic rings. The third kappa shape index (κ3) is 3.38. The number of methoxy groups -OCH3 is 1. The molecule has 118 valence electrons. The molecular formula is C15H14N4O2S2. The van der Waals surface area contributed by atoms with Gasteiger partial charge >= 0.3 is 0 Å². The molecule has 0 aliphatic carbocycles. The fourth-order valence-electron chi connectivity index (χ4n) is 1.99. The molecule has 1 N–H and O–H groups in total. The van der Waals surface area contributed by atoms with Crippen LogP contribution in [0.5, 0.6) is 5.75 Å². The lowest BCUT2D eigenvalue weighted by molar-refractivity contribution is 0.102. The number of rotatable bonds is 5. The highest BCUT2D eigenvalue weighted by molar-refractivity contribution is 7.14. The van der Waals surface area contributed by atoms with Crippen molar-refractivity contribution < 1.29 is 9.53 Å². The highest BCUT2D eigenvalue weighted by Crippen LogP contribution is 2.27. The Morgan fingerprint density at radius 2 is 2.09 bits per heavy atom. The average Bonchev–Trinajstić information content (AvgIpc) is 3.23. The summed E-state index contributed by atoms with van der Waals surface area (Å²) in [5.41, 5.74) is 2.49. The predicted octanol–water partition coefficient (Wildman–Crippen LogP) is 3.48. The van der Waals surface area contributed by atoms with E-state index in [2.05, 4.69) is 19.9 Å². The summed E-state index contributed by atoms with van der Waals surface area (Å²) in [6, 6.07) is 7.62. The van der Waals surface area contributed by atoms with Crippen molar-refractivity contribution in [3.8, 4) is 17.0 Å². The van der Waals surface area contributed by atoms with Crippen LogP contribution in [0.1, 0.15) is 22.3 Å². The predicted molar refractivity (Wildman–Crippen MR) is 91.3 cm³/mol. The highest BCUT2D eigenvalue weighted by Gasteiger charge is 2.16. The number of carbonyl (C=O) groups excluding carboxylic acids is 1. The van der Waals surface area contributed by atoms with Crippen molar-refractivity contribution in [1.29, 1.82) is 0 Å². The zero-order chi connectivity index (χ0) is 16.2. The van der Waals surface area contributed by atoms with Crippen molar-refractivity contribution in [2.75, 3.05) is 12.4 Å². The number of thiazole rings is 1. The normalized spacial score (nSPS) is 10.5. The maximum absolute atomic E-state index is 12.3. The van der Waals surface area contributed by atoms with Crippen molar-refractivity contribution in [1.82, 2.24) is 14.6 Å². The van der Waals surface area contributed by atoms with Crippen LogP contribution in [0.25, 0.3) is 11.3 Å². The van der Waals surface area contributed by atoms with Crippen LogP contribution in [-0.4, -0.2) is 27.6 Å². The van der Waals surface area contributed by atoms with E-state index in [1.807, 2.05) is 36.6 Å². The van der Waals surface area contributed by atoms with Gasteiger partial charge in [0.1, 0.15) is 10.6 Å². The first-order valence-corrected chi connectivity index (χ1v) is 8.59. The number of anilines is 1. The Kier molecular flexibility index (Phi) is 4.63. The van der Waals surface area contributed by atoms with Gasteiger partial charge in [0.2, 0.25) is 0 Å². The second kappa shape index (κ2) is 6.84. The lowest BCUT2D eigenvalue weighted by Crippen LogP contribution is -2.12. The Morgan fingerprint density at radius 1 is 1.30 bits per heavy atom. The van der Waals surface area contributed by atoms with Crippen LogP contribution in [0.4, 0.5) is 5.13 Å². The Morgan fingerprint density at radius 3 is 2.78 bits per heavy atom. The number of nitrogens with zero attached hydrogens (tertiary/aromatic N) is 3. The zero-order valence-electron chi connectivity index (χ0n) is 12.6. The number of hydrogen-bond donors (Lipinski definition) is 1. The quantitative estimate of drug-likeness (QED) is 0.765. The molecule has 0 bridgehead atoms. The number of ether oxygens (including phenoxy) is 1. The first-order valence-electron chi connectivity index (χ1n) is 6.93. The molecule has 0 spiro atoms. The molecule has 0 saturated heterocycles. The van der Waals surface area contributed by atoms with Gasteiger partial charge < -0.3 is 4.74 Å². The van der Waals surface area contributed by atoms with Crippen LogP contribution < -0.4 is 10.1 Å². The summed E-state index contributed by atoms with van der Waals surface area (Å²) < 4.78 is 8.97. The Labute approximate surface area is 141 Å². The molecule has 1 amide bonds. The molecule has 6 nitrogen and oxygen atoms in total. The van der Waals surface area contributed by atoms with Gasteiger partial charge in [-0.05, 0) is 42.2 Å². The number of aromatic nitrogens is 3.